The summed E-state index contributed by atoms with van der Waals surface area (Å²) in [5.74, 6) is 0. The second-order valence-electron chi connectivity index (χ2n) is 1.56. The van der Waals surface area contributed by atoms with Crippen LogP contribution in [0, 0.1) is 0 Å². The fourth-order valence-electron chi connectivity index (χ4n) is 0.480. The summed E-state index contributed by atoms with van der Waals surface area (Å²) in [6.07, 6.45) is 2.86. The zero-order chi connectivity index (χ0) is 7.56. The van der Waals surface area contributed by atoms with E-state index in [-0.39, 0.29) is 0 Å². The monoisotopic (exact) mass is 195 g/mol. The van der Waals surface area contributed by atoms with E-state index in [1.54, 1.807) is 0 Å². The molecule has 0 aromatic carbocycles. The predicted molar refractivity (Wildman–Crippen MR) is 41.5 cm³/mol. The minimum Gasteiger partial charge on any atom is -0.594 e. The van der Waals surface area contributed by atoms with E-state index < -0.39 is 10.4 Å². The van der Waals surface area contributed by atoms with Gasteiger partial charge in [-0.15, -0.1) is 0 Å². The Morgan fingerprint density at radius 3 is 2.60 bits per heavy atom. The van der Waals surface area contributed by atoms with E-state index in [1.807, 2.05) is 0 Å². The van der Waals surface area contributed by atoms with Crippen molar-refractivity contribution in [1.29, 1.82) is 0 Å². The molecular weight excluding hydrogens is 193 g/mol. The van der Waals surface area contributed by atoms with Gasteiger partial charge in [0.15, 0.2) is 15.6 Å². The summed E-state index contributed by atoms with van der Waals surface area (Å²) in [5.41, 5.74) is 0. The quantitative estimate of drug-likeness (QED) is 0.644. The third-order valence-corrected chi connectivity index (χ3v) is 2.20. The van der Waals surface area contributed by atoms with Crippen LogP contribution in [0.4, 0.5) is 0 Å². The number of rotatable bonds is 1. The van der Waals surface area contributed by atoms with Gasteiger partial charge in [0.05, 0.1) is 11.2 Å². The lowest BCUT2D eigenvalue weighted by Gasteiger charge is -1.97. The highest BCUT2D eigenvalue weighted by Crippen LogP contribution is 2.16. The van der Waals surface area contributed by atoms with Crippen LogP contribution in [0.2, 0.25) is 5.02 Å². The van der Waals surface area contributed by atoms with E-state index in [0.29, 0.717) is 9.92 Å². The third-order valence-electron chi connectivity index (χ3n) is 0.865. The first kappa shape index (κ1) is 8.14. The second kappa shape index (κ2) is 3.44. The molecule has 1 unspecified atom stereocenters. The first-order valence-electron chi connectivity index (χ1n) is 2.39. The minimum absolute atomic E-state index is 0.425. The van der Waals surface area contributed by atoms with Gasteiger partial charge in [0.1, 0.15) is 10.4 Å². The number of nitrogens with zero attached hydrogens (tertiary/aromatic N) is 1. The standard InChI is InChI=1S/C5H3Cl2NOS/c6-4-1-5(10(7)9)3-8-2-4/h1-3H. The molecular formula is C5H3Cl2NOS. The van der Waals surface area contributed by atoms with Crippen LogP contribution in [-0.2, 0) is 10.4 Å². The number of pyridine rings is 1. The molecule has 0 saturated heterocycles. The van der Waals surface area contributed by atoms with Crippen LogP contribution in [0.25, 0.3) is 0 Å². The van der Waals surface area contributed by atoms with Crippen molar-refractivity contribution in [1.82, 2.24) is 4.98 Å². The van der Waals surface area contributed by atoms with E-state index in [4.69, 9.17) is 22.3 Å². The van der Waals surface area contributed by atoms with Gasteiger partial charge in [0.25, 0.3) is 0 Å². The lowest BCUT2D eigenvalue weighted by Crippen LogP contribution is -1.90. The van der Waals surface area contributed by atoms with Crippen LogP contribution in [-0.4, -0.2) is 9.54 Å². The first-order valence-corrected chi connectivity index (χ1v) is 4.74. The normalized spacial score (nSPS) is 13.1. The molecule has 54 valence electrons. The van der Waals surface area contributed by atoms with E-state index >= 15 is 0 Å². The van der Waals surface area contributed by atoms with Gasteiger partial charge in [-0.2, -0.15) is 0 Å². The van der Waals surface area contributed by atoms with Gasteiger partial charge in [0.2, 0.25) is 0 Å². The highest BCUT2D eigenvalue weighted by molar-refractivity contribution is 8.13. The molecule has 5 heteroatoms. The summed E-state index contributed by atoms with van der Waals surface area (Å²) in [5, 5.41) is 0.437. The van der Waals surface area contributed by atoms with Crippen molar-refractivity contribution in [3.8, 4) is 0 Å². The molecule has 0 aliphatic rings. The van der Waals surface area contributed by atoms with E-state index in [2.05, 4.69) is 4.98 Å². The molecule has 0 bridgehead atoms. The molecule has 0 aliphatic heterocycles. The highest BCUT2D eigenvalue weighted by Gasteiger charge is 2.07. The minimum atomic E-state index is -1.51. The van der Waals surface area contributed by atoms with Gasteiger partial charge in [-0.3, -0.25) is 4.98 Å². The van der Waals surface area contributed by atoms with Gasteiger partial charge in [-0.05, 0) is 0 Å². The van der Waals surface area contributed by atoms with Crippen molar-refractivity contribution in [2.75, 3.05) is 0 Å². The molecule has 10 heavy (non-hydrogen) atoms. The molecule has 2 nitrogen and oxygen atoms in total. The summed E-state index contributed by atoms with van der Waals surface area (Å²) in [7, 11) is 3.73. The van der Waals surface area contributed by atoms with E-state index in [0.717, 1.165) is 0 Å². The van der Waals surface area contributed by atoms with Crippen molar-refractivity contribution in [2.45, 2.75) is 4.90 Å². The maximum absolute atomic E-state index is 10.6. The zero-order valence-electron chi connectivity index (χ0n) is 4.75. The molecule has 0 aliphatic carbocycles. The van der Waals surface area contributed by atoms with Gasteiger partial charge in [-0.1, -0.05) is 11.6 Å². The summed E-state index contributed by atoms with van der Waals surface area (Å²) in [6, 6.07) is 1.51. The molecule has 1 aromatic rings. The van der Waals surface area contributed by atoms with Gasteiger partial charge < -0.3 is 4.55 Å². The van der Waals surface area contributed by atoms with Crippen LogP contribution >= 0.6 is 22.3 Å². The number of hydrogen-bond donors (Lipinski definition) is 0. The van der Waals surface area contributed by atoms with E-state index in [9.17, 15) is 4.55 Å². The summed E-state index contributed by atoms with van der Waals surface area (Å²) < 4.78 is 10.6. The van der Waals surface area contributed by atoms with Crippen LogP contribution < -0.4 is 0 Å². The lowest BCUT2D eigenvalue weighted by molar-refractivity contribution is 0.608. The molecule has 0 fully saturated rings. The number of halogens is 2. The van der Waals surface area contributed by atoms with Crippen molar-refractivity contribution in [3.63, 3.8) is 0 Å². The van der Waals surface area contributed by atoms with Crippen LogP contribution in [0.5, 0.6) is 0 Å². The molecule has 1 atom stereocenters. The fraction of sp³-hybridized carbons (Fsp3) is 0. The predicted octanol–water partition coefficient (Wildman–Crippen LogP) is 2.00. The van der Waals surface area contributed by atoms with Crippen molar-refractivity contribution in [2.24, 2.45) is 0 Å². The first-order chi connectivity index (χ1) is 4.70. The second-order valence-corrected chi connectivity index (χ2v) is 3.76. The Morgan fingerprint density at radius 1 is 1.50 bits per heavy atom. The zero-order valence-corrected chi connectivity index (χ0v) is 7.08. The van der Waals surface area contributed by atoms with Crippen molar-refractivity contribution >= 4 is 32.7 Å². The average Bonchev–Trinajstić information content (AvgIpc) is 1.88. The van der Waals surface area contributed by atoms with Gasteiger partial charge in [0, 0.05) is 12.3 Å². The SMILES string of the molecule is [O-][S+](Cl)c1cncc(Cl)c1. The Morgan fingerprint density at radius 2 is 2.20 bits per heavy atom. The molecule has 1 heterocycles. The highest BCUT2D eigenvalue weighted by atomic mass is 35.7. The fourth-order valence-corrected chi connectivity index (χ4v) is 1.34. The van der Waals surface area contributed by atoms with Crippen LogP contribution in [0.1, 0.15) is 0 Å². The topological polar surface area (TPSA) is 36.0 Å². The summed E-state index contributed by atoms with van der Waals surface area (Å²) in [6.45, 7) is 0. The van der Waals surface area contributed by atoms with Crippen LogP contribution in [0.15, 0.2) is 23.4 Å². The van der Waals surface area contributed by atoms with E-state index in [1.165, 1.54) is 18.5 Å². The average molecular weight is 196 g/mol. The molecule has 0 radical (unpaired) electrons. The van der Waals surface area contributed by atoms with Gasteiger partial charge >= 0.3 is 0 Å². The number of aromatic nitrogens is 1. The lowest BCUT2D eigenvalue weighted by atomic mass is 10.5. The molecule has 0 N–H and O–H groups in total. The molecule has 0 saturated carbocycles. The Labute approximate surface area is 70.9 Å². The Hall–Kier alpha value is 0.0400. The molecule has 1 rings (SSSR count). The Kier molecular flexibility index (Phi) is 2.80. The maximum Gasteiger partial charge on any atom is 0.192 e. The number of hydrogen-bond acceptors (Lipinski definition) is 2. The Balaban J connectivity index is 2.96. The molecule has 1 aromatic heterocycles. The largest absolute Gasteiger partial charge is 0.594 e. The van der Waals surface area contributed by atoms with Crippen LogP contribution in [0.3, 0.4) is 0 Å². The molecule has 0 spiro atoms. The Bertz CT molecular complexity index is 231. The summed E-state index contributed by atoms with van der Waals surface area (Å²) >= 11 is 5.53. The maximum atomic E-state index is 10.6. The van der Waals surface area contributed by atoms with Gasteiger partial charge in [-0.25, -0.2) is 0 Å². The van der Waals surface area contributed by atoms with Crippen molar-refractivity contribution in [3.05, 3.63) is 23.5 Å². The molecule has 0 amide bonds. The summed E-state index contributed by atoms with van der Waals surface area (Å²) in [4.78, 5) is 4.12. The smallest absolute Gasteiger partial charge is 0.192 e. The third kappa shape index (κ3) is 2.02. The van der Waals surface area contributed by atoms with Crippen molar-refractivity contribution < 1.29 is 4.55 Å².